The van der Waals surface area contributed by atoms with Gasteiger partial charge >= 0.3 is 0 Å². The third kappa shape index (κ3) is 5.78. The average Bonchev–Trinajstić information content (AvgIpc) is 3.60. The molecule has 0 bridgehead atoms. The zero-order chi connectivity index (χ0) is 43.5. The molecule has 3 nitrogen and oxygen atoms in total. The molecule has 0 radical (unpaired) electrons. The van der Waals surface area contributed by atoms with Crippen molar-refractivity contribution in [3.8, 4) is 56.4 Å². The van der Waals surface area contributed by atoms with Gasteiger partial charge in [0, 0.05) is 38.4 Å². The largest absolute Gasteiger partial charge is 0.455 e. The summed E-state index contributed by atoms with van der Waals surface area (Å²) in [5, 5.41) is 7.05. The van der Waals surface area contributed by atoms with Crippen LogP contribution >= 0.6 is 0 Å². The van der Waals surface area contributed by atoms with Crippen LogP contribution in [0.3, 0.4) is 0 Å². The molecule has 2 heterocycles. The Morgan fingerprint density at radius 1 is 0.453 bits per heavy atom. The molecule has 0 unspecified atom stereocenters. The van der Waals surface area contributed by atoms with E-state index >= 15 is 0 Å². The minimum absolute atomic E-state index is 0.0504. The molecule has 1 spiro atoms. The van der Waals surface area contributed by atoms with Gasteiger partial charge in [-0.15, -0.1) is 0 Å². The van der Waals surface area contributed by atoms with Gasteiger partial charge in [-0.1, -0.05) is 215 Å². The lowest BCUT2D eigenvalue weighted by Crippen LogP contribution is -2.37. The van der Waals surface area contributed by atoms with E-state index in [9.17, 15) is 0 Å². The second-order valence-electron chi connectivity index (χ2n) is 19.8. The van der Waals surface area contributed by atoms with Crippen LogP contribution in [0.15, 0.2) is 182 Å². The number of rotatable bonds is 4. The van der Waals surface area contributed by atoms with Crippen molar-refractivity contribution in [1.82, 2.24) is 9.97 Å². The molecule has 308 valence electrons. The monoisotopic (exact) mass is 840 g/mol. The molecule has 0 amide bonds. The molecule has 1 aliphatic carbocycles. The number of benzene rings is 9. The van der Waals surface area contributed by atoms with Gasteiger partial charge in [0.05, 0.1) is 24.7 Å². The highest BCUT2D eigenvalue weighted by atomic mass is 28.3. The van der Waals surface area contributed by atoms with Gasteiger partial charge in [-0.3, -0.25) is 0 Å². The molecular formula is C60H48N2OSi. The van der Waals surface area contributed by atoms with E-state index in [1.165, 1.54) is 44.1 Å². The summed E-state index contributed by atoms with van der Waals surface area (Å²) in [6.45, 7) is 14.1. The summed E-state index contributed by atoms with van der Waals surface area (Å²) in [6, 6.07) is 67.0. The quantitative estimate of drug-likeness (QED) is 0.166. The van der Waals surface area contributed by atoms with E-state index in [4.69, 9.17) is 14.7 Å². The molecule has 1 aliphatic heterocycles. The summed E-state index contributed by atoms with van der Waals surface area (Å²) in [6.07, 6.45) is 0. The minimum Gasteiger partial charge on any atom is -0.455 e. The first kappa shape index (κ1) is 38.5. The van der Waals surface area contributed by atoms with Crippen molar-refractivity contribution < 1.29 is 4.74 Å². The zero-order valence-corrected chi connectivity index (χ0v) is 38.1. The van der Waals surface area contributed by atoms with Crippen LogP contribution in [0.1, 0.15) is 48.6 Å². The van der Waals surface area contributed by atoms with Crippen molar-refractivity contribution in [3.05, 3.63) is 210 Å². The molecule has 4 heteroatoms. The first-order chi connectivity index (χ1) is 31.0. The van der Waals surface area contributed by atoms with Gasteiger partial charge in [-0.2, -0.15) is 0 Å². The zero-order valence-electron chi connectivity index (χ0n) is 37.1. The molecule has 0 fully saturated rings. The molecule has 1 aromatic heterocycles. The molecule has 2 aliphatic rings. The van der Waals surface area contributed by atoms with Crippen molar-refractivity contribution in [2.45, 2.75) is 51.2 Å². The lowest BCUT2D eigenvalue weighted by molar-refractivity contribution is 0.447. The number of hydrogen-bond acceptors (Lipinski definition) is 3. The van der Waals surface area contributed by atoms with Crippen LogP contribution in [-0.4, -0.2) is 18.0 Å². The average molecular weight is 841 g/mol. The summed E-state index contributed by atoms with van der Waals surface area (Å²) in [5.74, 6) is 2.56. The fourth-order valence-corrected chi connectivity index (χ4v) is 11.6. The molecule has 64 heavy (non-hydrogen) atoms. The number of hydrogen-bond donors (Lipinski definition) is 0. The normalized spacial score (nSPS) is 13.7. The number of para-hydroxylation sites is 1. The molecule has 0 N–H and O–H groups in total. The van der Waals surface area contributed by atoms with Crippen LogP contribution < -0.4 is 9.92 Å². The van der Waals surface area contributed by atoms with Crippen molar-refractivity contribution in [2.24, 2.45) is 0 Å². The van der Waals surface area contributed by atoms with Crippen LogP contribution in [0.25, 0.3) is 77.3 Å². The maximum atomic E-state index is 7.23. The smallest absolute Gasteiger partial charge is 0.160 e. The molecule has 0 saturated carbocycles. The van der Waals surface area contributed by atoms with Crippen LogP contribution in [0.2, 0.25) is 19.6 Å². The second-order valence-corrected chi connectivity index (χ2v) is 24.8. The van der Waals surface area contributed by atoms with E-state index < -0.39 is 13.5 Å². The number of aromatic nitrogens is 2. The van der Waals surface area contributed by atoms with Gasteiger partial charge in [0.15, 0.2) is 5.82 Å². The van der Waals surface area contributed by atoms with Crippen LogP contribution in [0.5, 0.6) is 11.5 Å². The Labute approximate surface area is 376 Å². The van der Waals surface area contributed by atoms with E-state index in [0.717, 1.165) is 71.9 Å². The van der Waals surface area contributed by atoms with E-state index in [1.54, 1.807) is 0 Å². The van der Waals surface area contributed by atoms with E-state index in [0.29, 0.717) is 5.82 Å². The Hall–Kier alpha value is -7.14. The third-order valence-electron chi connectivity index (χ3n) is 13.9. The van der Waals surface area contributed by atoms with Crippen molar-refractivity contribution in [3.63, 3.8) is 0 Å². The molecule has 9 aromatic carbocycles. The first-order valence-electron chi connectivity index (χ1n) is 22.5. The van der Waals surface area contributed by atoms with Gasteiger partial charge in [0.2, 0.25) is 0 Å². The van der Waals surface area contributed by atoms with Crippen LogP contribution in [-0.2, 0) is 10.8 Å². The maximum Gasteiger partial charge on any atom is 0.160 e. The summed E-state index contributed by atoms with van der Waals surface area (Å²) in [4.78, 5) is 10.6. The van der Waals surface area contributed by atoms with Crippen molar-refractivity contribution >= 4 is 45.7 Å². The Kier molecular flexibility index (Phi) is 8.38. The Balaban J connectivity index is 1.08. The minimum atomic E-state index is -1.38. The number of ether oxygens (including phenoxy) is 1. The van der Waals surface area contributed by atoms with Crippen molar-refractivity contribution in [1.29, 1.82) is 0 Å². The first-order valence-corrected chi connectivity index (χ1v) is 26.0. The lowest BCUT2D eigenvalue weighted by atomic mass is 9.65. The van der Waals surface area contributed by atoms with Gasteiger partial charge < -0.3 is 4.74 Å². The molecule has 0 atom stereocenters. The molecular weight excluding hydrogens is 793 g/mol. The van der Waals surface area contributed by atoms with Gasteiger partial charge in [0.1, 0.15) is 11.5 Å². The Bertz CT molecular complexity index is 3450. The third-order valence-corrected chi connectivity index (χ3v) is 15.9. The number of fused-ring (bicyclic) bond motifs is 14. The highest BCUT2D eigenvalue weighted by Crippen LogP contribution is 2.64. The second kappa shape index (κ2) is 13.9. The maximum absolute atomic E-state index is 7.23. The molecule has 10 aromatic rings. The Morgan fingerprint density at radius 3 is 1.56 bits per heavy atom. The SMILES string of the molecule is CC(C)(C)c1ccc2c(c1)-c1cc(-c3nc(-c4ccc(-c5ccc([Si](C)(C)C)cc5)cc4)nc4ccccc34)ccc1C21c2ccc3ccccc3c2Oc2c1ccc1ccccc21. The van der Waals surface area contributed by atoms with Gasteiger partial charge in [0.25, 0.3) is 0 Å². The van der Waals surface area contributed by atoms with Crippen molar-refractivity contribution in [2.75, 3.05) is 0 Å². The number of nitrogens with zero attached hydrogens (tertiary/aromatic N) is 2. The summed E-state index contributed by atoms with van der Waals surface area (Å²) in [7, 11) is -1.38. The molecule has 0 saturated heterocycles. The predicted octanol–water partition coefficient (Wildman–Crippen LogP) is 15.2. The standard InChI is InChI=1S/C60H48N2OSi/c1-59(2,3)43-28-34-51-49(36-43)48-35-42(55-47-17-11-12-18-54(47)61-58(62-55)41-21-19-37(20-22-41)38-23-29-44(30-24-38)64(4,5)6)27-31-50(48)60(51)52-32-25-39-13-7-9-15-45(39)56(52)63-57-46-16-10-8-14-40(46)26-33-53(57)60/h7-36H,1-6H3. The van der Waals surface area contributed by atoms with E-state index in [-0.39, 0.29) is 5.41 Å². The lowest BCUT2D eigenvalue weighted by Gasteiger charge is -2.40. The predicted molar refractivity (Wildman–Crippen MR) is 270 cm³/mol. The van der Waals surface area contributed by atoms with Gasteiger partial charge in [-0.05, 0) is 67.3 Å². The van der Waals surface area contributed by atoms with E-state index in [1.807, 2.05) is 0 Å². The molecule has 12 rings (SSSR count). The Morgan fingerprint density at radius 2 is 0.953 bits per heavy atom. The van der Waals surface area contributed by atoms with Crippen LogP contribution in [0, 0.1) is 0 Å². The van der Waals surface area contributed by atoms with Crippen LogP contribution in [0.4, 0.5) is 0 Å². The fraction of sp³-hybridized carbons (Fsp3) is 0.133. The highest BCUT2D eigenvalue weighted by molar-refractivity contribution is 6.88. The summed E-state index contributed by atoms with van der Waals surface area (Å²) in [5.41, 5.74) is 14.2. The summed E-state index contributed by atoms with van der Waals surface area (Å²) >= 11 is 0. The topological polar surface area (TPSA) is 35.0 Å². The highest BCUT2D eigenvalue weighted by Gasteiger charge is 2.52. The van der Waals surface area contributed by atoms with Gasteiger partial charge in [-0.25, -0.2) is 9.97 Å². The fourth-order valence-electron chi connectivity index (χ4n) is 10.5. The van der Waals surface area contributed by atoms with E-state index in [2.05, 4.69) is 222 Å². The summed E-state index contributed by atoms with van der Waals surface area (Å²) < 4.78 is 7.23.